The molecule has 0 amide bonds. The van der Waals surface area contributed by atoms with E-state index in [0.29, 0.717) is 13.2 Å². The van der Waals surface area contributed by atoms with Crippen LogP contribution in [0.3, 0.4) is 0 Å². The zero-order chi connectivity index (χ0) is 12.3. The van der Waals surface area contributed by atoms with Crippen molar-refractivity contribution in [1.82, 2.24) is 0 Å². The minimum Gasteiger partial charge on any atom is -0.691 e. The van der Waals surface area contributed by atoms with Crippen LogP contribution in [0.5, 0.6) is 0 Å². The molecule has 1 rings (SSSR count). The number of quaternary nitrogens is 1. The molecule has 0 aromatic rings. The van der Waals surface area contributed by atoms with E-state index in [-0.39, 0.29) is 5.41 Å². The molecule has 0 bridgehead atoms. The van der Waals surface area contributed by atoms with Crippen LogP contribution in [0.25, 0.3) is 0 Å². The van der Waals surface area contributed by atoms with E-state index in [9.17, 15) is 0 Å². The summed E-state index contributed by atoms with van der Waals surface area (Å²) >= 11 is 9.76. The van der Waals surface area contributed by atoms with Crippen molar-refractivity contribution in [3.8, 4) is 0 Å². The van der Waals surface area contributed by atoms with Gasteiger partial charge < -0.3 is 25.8 Å². The molecular weight excluding hydrogens is 249 g/mol. The van der Waals surface area contributed by atoms with Gasteiger partial charge in [0.1, 0.15) is 0 Å². The van der Waals surface area contributed by atoms with Gasteiger partial charge in [-0.05, 0) is 0 Å². The maximum atomic E-state index is 5.20. The molecule has 15 heavy (non-hydrogen) atoms. The fourth-order valence-electron chi connectivity index (χ4n) is 0.587. The highest BCUT2D eigenvalue weighted by Gasteiger charge is 2.25. The Morgan fingerprint density at radius 1 is 1.13 bits per heavy atom. The number of hydrogen-bond acceptors (Lipinski definition) is 4. The van der Waals surface area contributed by atoms with Gasteiger partial charge in [0, 0.05) is 5.41 Å². The topological polar surface area (TPSA) is 18.5 Å². The van der Waals surface area contributed by atoms with Crippen molar-refractivity contribution >= 4 is 29.7 Å². The van der Waals surface area contributed by atoms with Gasteiger partial charge >= 0.3 is 0 Å². The van der Waals surface area contributed by atoms with E-state index in [0.717, 1.165) is 4.48 Å². The van der Waals surface area contributed by atoms with Crippen molar-refractivity contribution < 1.29 is 13.5 Å². The minimum atomic E-state index is -2.25. The van der Waals surface area contributed by atoms with Gasteiger partial charge in [-0.25, -0.2) is 0 Å². The first-order valence-corrected chi connectivity index (χ1v) is 8.46. The summed E-state index contributed by atoms with van der Waals surface area (Å²) < 4.78 is 11.4. The van der Waals surface area contributed by atoms with Crippen LogP contribution >= 0.6 is 5.69 Å². The van der Waals surface area contributed by atoms with Gasteiger partial charge in [0.25, 0.3) is 0 Å². The molecule has 0 N–H and O–H groups in total. The molecular formula is C9H22NO2PS2. The molecule has 3 nitrogen and oxygen atoms in total. The Bertz CT molecular complexity index is 231. The lowest BCUT2D eigenvalue weighted by Crippen LogP contribution is -2.28. The van der Waals surface area contributed by atoms with E-state index >= 15 is 0 Å². The predicted octanol–water partition coefficient (Wildman–Crippen LogP) is 2.15. The molecule has 0 aliphatic carbocycles. The summed E-state index contributed by atoms with van der Waals surface area (Å²) in [5, 5.41) is 0. The molecule has 0 spiro atoms. The SMILES string of the molecule is CC1(C)COP(=S)([S-])OC1.C[N+](C)(C)C. The second kappa shape index (κ2) is 5.48. The highest BCUT2D eigenvalue weighted by atomic mass is 32.9. The van der Waals surface area contributed by atoms with Crippen LogP contribution in [0.4, 0.5) is 0 Å². The van der Waals surface area contributed by atoms with E-state index in [2.05, 4.69) is 42.0 Å². The molecule has 0 unspecified atom stereocenters. The molecule has 0 aromatic heterocycles. The van der Waals surface area contributed by atoms with E-state index in [1.54, 1.807) is 0 Å². The third-order valence-corrected chi connectivity index (χ3v) is 3.38. The Morgan fingerprint density at radius 2 is 1.40 bits per heavy atom. The Kier molecular flexibility index (Phi) is 5.80. The Balaban J connectivity index is 0.000000336. The van der Waals surface area contributed by atoms with Crippen LogP contribution in [-0.2, 0) is 33.1 Å². The predicted molar refractivity (Wildman–Crippen MR) is 71.3 cm³/mol. The zero-order valence-electron chi connectivity index (χ0n) is 10.4. The molecule has 0 radical (unpaired) electrons. The van der Waals surface area contributed by atoms with Crippen molar-refractivity contribution in [2.75, 3.05) is 41.4 Å². The van der Waals surface area contributed by atoms with Crippen molar-refractivity contribution in [1.29, 1.82) is 0 Å². The van der Waals surface area contributed by atoms with Gasteiger partial charge in [-0.1, -0.05) is 25.7 Å². The Morgan fingerprint density at radius 3 is 1.60 bits per heavy atom. The standard InChI is InChI=1S/C5H11O2PS2.C4H12N/c1-5(2)3-6-8(9,10)7-4-5;1-5(2,3)4/h3-4H2,1-2H3,(H,9,10);1-4H3/q;+1/p-1. The minimum absolute atomic E-state index is 0.0844. The molecule has 6 heteroatoms. The Labute approximate surface area is 104 Å². The fraction of sp³-hybridized carbons (Fsp3) is 1.00. The van der Waals surface area contributed by atoms with Crippen molar-refractivity contribution in [2.45, 2.75) is 13.8 Å². The van der Waals surface area contributed by atoms with Crippen LogP contribution in [-0.4, -0.2) is 45.9 Å². The summed E-state index contributed by atoms with van der Waals surface area (Å²) in [5.41, 5.74) is -2.17. The third-order valence-electron chi connectivity index (χ3n) is 1.23. The molecule has 1 aliphatic heterocycles. The number of rotatable bonds is 0. The van der Waals surface area contributed by atoms with Crippen LogP contribution in [0.15, 0.2) is 0 Å². The number of nitrogens with zero attached hydrogens (tertiary/aromatic N) is 1. The lowest BCUT2D eigenvalue weighted by atomic mass is 9.97. The fourth-order valence-corrected chi connectivity index (χ4v) is 2.31. The van der Waals surface area contributed by atoms with Crippen molar-refractivity contribution in [3.63, 3.8) is 0 Å². The summed E-state index contributed by atoms with van der Waals surface area (Å²) in [6.07, 6.45) is 0. The second-order valence-corrected chi connectivity index (χ2v) is 10.8. The average Bonchev–Trinajstić information content (AvgIpc) is 1.94. The highest BCUT2D eigenvalue weighted by molar-refractivity contribution is 8.51. The van der Waals surface area contributed by atoms with Gasteiger partial charge in [-0.3, -0.25) is 0 Å². The lowest BCUT2D eigenvalue weighted by Gasteiger charge is -2.40. The zero-order valence-corrected chi connectivity index (χ0v) is 13.0. The smallest absolute Gasteiger partial charge is 0.0675 e. The quantitative estimate of drug-likeness (QED) is 0.382. The molecule has 0 aromatic carbocycles. The summed E-state index contributed by atoms with van der Waals surface area (Å²) in [6.45, 7) is 5.40. The van der Waals surface area contributed by atoms with Crippen molar-refractivity contribution in [2.24, 2.45) is 5.41 Å². The van der Waals surface area contributed by atoms with E-state index < -0.39 is 5.69 Å². The average molecular weight is 271 g/mol. The van der Waals surface area contributed by atoms with E-state index in [1.165, 1.54) is 0 Å². The van der Waals surface area contributed by atoms with E-state index in [4.69, 9.17) is 33.1 Å². The van der Waals surface area contributed by atoms with Crippen LogP contribution in [0, 0.1) is 5.41 Å². The molecule has 1 aliphatic rings. The molecule has 0 saturated carbocycles. The molecule has 1 heterocycles. The van der Waals surface area contributed by atoms with Crippen LogP contribution < -0.4 is 0 Å². The maximum Gasteiger partial charge on any atom is 0.0675 e. The first kappa shape index (κ1) is 15.9. The first-order chi connectivity index (χ1) is 6.41. The van der Waals surface area contributed by atoms with Crippen LogP contribution in [0.1, 0.15) is 13.8 Å². The van der Waals surface area contributed by atoms with Gasteiger partial charge in [0.05, 0.1) is 47.1 Å². The second-order valence-electron chi connectivity index (χ2n) is 5.84. The van der Waals surface area contributed by atoms with Crippen molar-refractivity contribution in [3.05, 3.63) is 0 Å². The summed E-state index contributed by atoms with van der Waals surface area (Å²) in [7, 11) is 8.50. The Hall–Kier alpha value is 0.880. The molecule has 92 valence electrons. The van der Waals surface area contributed by atoms with Gasteiger partial charge in [-0.2, -0.15) is 0 Å². The van der Waals surface area contributed by atoms with Gasteiger partial charge in [-0.15, -0.1) is 0 Å². The van der Waals surface area contributed by atoms with E-state index in [1.807, 2.05) is 0 Å². The summed E-state index contributed by atoms with van der Waals surface area (Å²) in [6, 6.07) is 0. The normalized spacial score (nSPS) is 23.9. The lowest BCUT2D eigenvalue weighted by molar-refractivity contribution is -0.849. The summed E-state index contributed by atoms with van der Waals surface area (Å²) in [4.78, 5) is 0. The summed E-state index contributed by atoms with van der Waals surface area (Å²) in [5.74, 6) is 0. The number of hydrogen-bond donors (Lipinski definition) is 0. The van der Waals surface area contributed by atoms with Gasteiger partial charge in [0.15, 0.2) is 0 Å². The molecule has 1 fully saturated rings. The third kappa shape index (κ3) is 11.1. The van der Waals surface area contributed by atoms with Gasteiger partial charge in [0.2, 0.25) is 0 Å². The van der Waals surface area contributed by atoms with Crippen LogP contribution in [0.2, 0.25) is 0 Å². The molecule has 0 atom stereocenters. The highest BCUT2D eigenvalue weighted by Crippen LogP contribution is 2.51. The largest absolute Gasteiger partial charge is 0.691 e. The monoisotopic (exact) mass is 271 g/mol. The first-order valence-electron chi connectivity index (χ1n) is 4.80. The maximum absolute atomic E-state index is 5.20. The molecule has 1 saturated heterocycles.